The largest absolute Gasteiger partial charge is 0.364 e. The van der Waals surface area contributed by atoms with Crippen molar-refractivity contribution in [1.82, 2.24) is 10.3 Å². The highest BCUT2D eigenvalue weighted by Crippen LogP contribution is 2.18. The Bertz CT molecular complexity index is 360. The fourth-order valence-electron chi connectivity index (χ4n) is 1.27. The van der Waals surface area contributed by atoms with Gasteiger partial charge in [0.1, 0.15) is 5.82 Å². The number of pyridine rings is 1. The maximum Gasteiger partial charge on any atom is 0.211 e. The molecule has 1 aromatic rings. The summed E-state index contributed by atoms with van der Waals surface area (Å²) in [7, 11) is 0. The summed E-state index contributed by atoms with van der Waals surface area (Å²) in [5.74, 6) is 0.860. The molecule has 66 valence electrons. The Hall–Kier alpha value is -1.84. The number of anilines is 1. The molecule has 4 heteroatoms. The monoisotopic (exact) mass is 175 g/mol. The van der Waals surface area contributed by atoms with E-state index in [9.17, 15) is 4.79 Å². The van der Waals surface area contributed by atoms with E-state index < -0.39 is 0 Å². The Labute approximate surface area is 75.7 Å². The predicted molar refractivity (Wildman–Crippen MR) is 49.9 cm³/mol. The Morgan fingerprint density at radius 1 is 1.62 bits per heavy atom. The SMILES string of the molecule is O=CNC1=Cc2cccnc2NC1. The van der Waals surface area contributed by atoms with Gasteiger partial charge in [0.25, 0.3) is 0 Å². The van der Waals surface area contributed by atoms with Gasteiger partial charge in [-0.05, 0) is 18.2 Å². The number of hydrogen-bond acceptors (Lipinski definition) is 3. The van der Waals surface area contributed by atoms with Gasteiger partial charge >= 0.3 is 0 Å². The van der Waals surface area contributed by atoms with E-state index in [2.05, 4.69) is 15.6 Å². The third-order valence-electron chi connectivity index (χ3n) is 1.86. The lowest BCUT2D eigenvalue weighted by atomic mass is 10.1. The maximum atomic E-state index is 10.2. The number of hydrogen-bond donors (Lipinski definition) is 2. The molecule has 0 spiro atoms. The summed E-state index contributed by atoms with van der Waals surface area (Å²) in [6, 6.07) is 3.81. The Morgan fingerprint density at radius 2 is 2.54 bits per heavy atom. The summed E-state index contributed by atoms with van der Waals surface area (Å²) in [6.07, 6.45) is 4.32. The number of amides is 1. The Kier molecular flexibility index (Phi) is 1.96. The van der Waals surface area contributed by atoms with Crippen LogP contribution in [0.5, 0.6) is 0 Å². The van der Waals surface area contributed by atoms with Crippen molar-refractivity contribution in [2.24, 2.45) is 0 Å². The number of aromatic nitrogens is 1. The van der Waals surface area contributed by atoms with Crippen LogP contribution in [-0.4, -0.2) is 17.9 Å². The molecule has 1 aromatic heterocycles. The molecule has 1 aliphatic rings. The molecule has 1 amide bonds. The second-order valence-corrected chi connectivity index (χ2v) is 2.73. The van der Waals surface area contributed by atoms with Gasteiger partial charge in [-0.3, -0.25) is 4.79 Å². The fraction of sp³-hybridized carbons (Fsp3) is 0.111. The van der Waals surface area contributed by atoms with Gasteiger partial charge in [0.05, 0.1) is 6.54 Å². The third-order valence-corrected chi connectivity index (χ3v) is 1.86. The van der Waals surface area contributed by atoms with Crippen LogP contribution >= 0.6 is 0 Å². The van der Waals surface area contributed by atoms with Gasteiger partial charge in [0.2, 0.25) is 6.41 Å². The zero-order valence-corrected chi connectivity index (χ0v) is 6.95. The van der Waals surface area contributed by atoms with Crippen LogP contribution in [0.1, 0.15) is 5.56 Å². The van der Waals surface area contributed by atoms with Crippen molar-refractivity contribution in [3.63, 3.8) is 0 Å². The number of rotatable bonds is 2. The van der Waals surface area contributed by atoms with Crippen LogP contribution in [0, 0.1) is 0 Å². The second-order valence-electron chi connectivity index (χ2n) is 2.73. The van der Waals surface area contributed by atoms with E-state index >= 15 is 0 Å². The quantitative estimate of drug-likeness (QED) is 0.647. The fourth-order valence-corrected chi connectivity index (χ4v) is 1.27. The van der Waals surface area contributed by atoms with Crippen LogP contribution in [0.4, 0.5) is 5.82 Å². The standard InChI is InChI=1S/C9H9N3O/c13-6-12-8-4-7-2-1-3-10-9(7)11-5-8/h1-4,6H,5H2,(H,10,11)(H,12,13). The minimum atomic E-state index is 0.614. The molecule has 0 unspecified atom stereocenters. The summed E-state index contributed by atoms with van der Waals surface area (Å²) < 4.78 is 0. The molecule has 0 saturated carbocycles. The summed E-state index contributed by atoms with van der Waals surface area (Å²) in [6.45, 7) is 0.614. The molecule has 2 rings (SSSR count). The molecule has 0 saturated heterocycles. The van der Waals surface area contributed by atoms with Crippen LogP contribution in [0.3, 0.4) is 0 Å². The average molecular weight is 175 g/mol. The van der Waals surface area contributed by atoms with Crippen LogP contribution in [0.15, 0.2) is 24.0 Å². The summed E-state index contributed by atoms with van der Waals surface area (Å²) in [5.41, 5.74) is 1.86. The number of nitrogens with zero attached hydrogens (tertiary/aromatic N) is 1. The number of carbonyl (C=O) groups excluding carboxylic acids is 1. The van der Waals surface area contributed by atoms with Gasteiger partial charge < -0.3 is 10.6 Å². The molecule has 0 fully saturated rings. The Morgan fingerprint density at radius 3 is 3.38 bits per heavy atom. The molecular formula is C9H9N3O. The van der Waals surface area contributed by atoms with E-state index in [0.717, 1.165) is 17.1 Å². The lowest BCUT2D eigenvalue weighted by molar-refractivity contribution is -0.108. The van der Waals surface area contributed by atoms with Crippen LogP contribution in [0.25, 0.3) is 6.08 Å². The minimum absolute atomic E-state index is 0.614. The molecule has 2 N–H and O–H groups in total. The van der Waals surface area contributed by atoms with E-state index in [1.807, 2.05) is 18.2 Å². The highest BCUT2D eigenvalue weighted by molar-refractivity contribution is 5.70. The molecule has 0 radical (unpaired) electrons. The van der Waals surface area contributed by atoms with Crippen LogP contribution in [0.2, 0.25) is 0 Å². The molecule has 4 nitrogen and oxygen atoms in total. The molecule has 0 atom stereocenters. The molecule has 13 heavy (non-hydrogen) atoms. The number of nitrogens with one attached hydrogen (secondary N) is 2. The van der Waals surface area contributed by atoms with Crippen molar-refractivity contribution in [2.45, 2.75) is 0 Å². The van der Waals surface area contributed by atoms with Crippen molar-refractivity contribution in [3.05, 3.63) is 29.6 Å². The molecule has 1 aliphatic heterocycles. The van der Waals surface area contributed by atoms with Crippen molar-refractivity contribution in [2.75, 3.05) is 11.9 Å². The topological polar surface area (TPSA) is 54.0 Å². The highest BCUT2D eigenvalue weighted by atomic mass is 16.1. The van der Waals surface area contributed by atoms with Gasteiger partial charge in [-0.15, -0.1) is 0 Å². The number of carbonyl (C=O) groups is 1. The normalized spacial score (nSPS) is 13.7. The van der Waals surface area contributed by atoms with Crippen molar-refractivity contribution in [1.29, 1.82) is 0 Å². The van der Waals surface area contributed by atoms with E-state index in [1.165, 1.54) is 0 Å². The first kappa shape index (κ1) is 7.79. The molecule has 0 aromatic carbocycles. The third kappa shape index (κ3) is 1.51. The van der Waals surface area contributed by atoms with Crippen molar-refractivity contribution < 1.29 is 4.79 Å². The first-order valence-corrected chi connectivity index (χ1v) is 4.00. The lowest BCUT2D eigenvalue weighted by Crippen LogP contribution is -2.21. The Balaban J connectivity index is 2.32. The zero-order chi connectivity index (χ0) is 9.10. The average Bonchev–Trinajstić information content (AvgIpc) is 2.18. The van der Waals surface area contributed by atoms with E-state index in [-0.39, 0.29) is 0 Å². The van der Waals surface area contributed by atoms with E-state index in [0.29, 0.717) is 13.0 Å². The molecule has 2 heterocycles. The molecule has 0 aliphatic carbocycles. The van der Waals surface area contributed by atoms with Gasteiger partial charge in [0.15, 0.2) is 0 Å². The predicted octanol–water partition coefficient (Wildman–Crippen LogP) is 0.594. The van der Waals surface area contributed by atoms with Crippen LogP contribution < -0.4 is 10.6 Å². The highest BCUT2D eigenvalue weighted by Gasteiger charge is 2.08. The second kappa shape index (κ2) is 3.26. The summed E-state index contributed by atoms with van der Waals surface area (Å²) in [4.78, 5) is 14.3. The summed E-state index contributed by atoms with van der Waals surface area (Å²) in [5, 5.41) is 5.71. The van der Waals surface area contributed by atoms with Crippen molar-refractivity contribution >= 4 is 18.3 Å². The molecular weight excluding hydrogens is 166 g/mol. The van der Waals surface area contributed by atoms with E-state index in [4.69, 9.17) is 0 Å². The van der Waals surface area contributed by atoms with E-state index in [1.54, 1.807) is 6.20 Å². The van der Waals surface area contributed by atoms with Crippen molar-refractivity contribution in [3.8, 4) is 0 Å². The van der Waals surface area contributed by atoms with Gasteiger partial charge in [-0.2, -0.15) is 0 Å². The summed E-state index contributed by atoms with van der Waals surface area (Å²) >= 11 is 0. The first-order valence-electron chi connectivity index (χ1n) is 4.00. The lowest BCUT2D eigenvalue weighted by Gasteiger charge is -2.16. The van der Waals surface area contributed by atoms with Gasteiger partial charge in [-0.25, -0.2) is 4.98 Å². The van der Waals surface area contributed by atoms with Gasteiger partial charge in [0, 0.05) is 17.5 Å². The van der Waals surface area contributed by atoms with Gasteiger partial charge in [-0.1, -0.05) is 0 Å². The zero-order valence-electron chi connectivity index (χ0n) is 6.95. The minimum Gasteiger partial charge on any atom is -0.364 e. The van der Waals surface area contributed by atoms with Crippen LogP contribution in [-0.2, 0) is 4.79 Å². The number of fused-ring (bicyclic) bond motifs is 1. The smallest absolute Gasteiger partial charge is 0.211 e. The maximum absolute atomic E-state index is 10.2. The molecule has 0 bridgehead atoms. The first-order chi connectivity index (χ1) is 6.40.